The van der Waals surface area contributed by atoms with Crippen molar-refractivity contribution in [3.05, 3.63) is 0 Å². The van der Waals surface area contributed by atoms with Crippen LogP contribution in [0.25, 0.3) is 0 Å². The number of carboxylic acid groups (broad SMARTS) is 4. The number of rotatable bonds is 5. The van der Waals surface area contributed by atoms with Crippen molar-refractivity contribution in [1.29, 1.82) is 0 Å². The van der Waals surface area contributed by atoms with Crippen molar-refractivity contribution in [3.63, 3.8) is 0 Å². The SMILES string of the molecule is O=C(O)CC1C(C(=O)O)CCC1(C(=O)O)C(=O)O. The molecule has 1 aliphatic rings. The molecule has 18 heavy (non-hydrogen) atoms. The molecule has 8 heteroatoms. The number of hydrogen-bond donors (Lipinski definition) is 4. The minimum atomic E-state index is -2.33. The maximum Gasteiger partial charge on any atom is 0.321 e. The molecule has 0 amide bonds. The minimum absolute atomic E-state index is 0.161. The van der Waals surface area contributed by atoms with Crippen LogP contribution < -0.4 is 0 Å². The van der Waals surface area contributed by atoms with E-state index in [1.54, 1.807) is 0 Å². The predicted molar refractivity (Wildman–Crippen MR) is 53.8 cm³/mol. The molecule has 0 aromatic heterocycles. The zero-order valence-corrected chi connectivity index (χ0v) is 9.20. The Balaban J connectivity index is 3.24. The van der Waals surface area contributed by atoms with Crippen LogP contribution >= 0.6 is 0 Å². The Hall–Kier alpha value is -2.12. The summed E-state index contributed by atoms with van der Waals surface area (Å²) in [5.74, 6) is -8.89. The third-order valence-corrected chi connectivity index (χ3v) is 3.44. The molecule has 0 saturated heterocycles. The summed E-state index contributed by atoms with van der Waals surface area (Å²) in [6.07, 6.45) is -1.34. The molecule has 1 rings (SSSR count). The van der Waals surface area contributed by atoms with Gasteiger partial charge in [-0.15, -0.1) is 0 Å². The molecule has 1 aliphatic carbocycles. The van der Waals surface area contributed by atoms with Gasteiger partial charge < -0.3 is 20.4 Å². The molecule has 100 valence electrons. The summed E-state index contributed by atoms with van der Waals surface area (Å²) in [7, 11) is 0. The van der Waals surface area contributed by atoms with Gasteiger partial charge in [-0.25, -0.2) is 0 Å². The van der Waals surface area contributed by atoms with E-state index < -0.39 is 47.5 Å². The van der Waals surface area contributed by atoms with Crippen LogP contribution in [0.2, 0.25) is 0 Å². The van der Waals surface area contributed by atoms with Gasteiger partial charge in [0.15, 0.2) is 5.41 Å². The van der Waals surface area contributed by atoms with E-state index in [1.165, 1.54) is 0 Å². The number of hydrogen-bond acceptors (Lipinski definition) is 4. The zero-order chi connectivity index (χ0) is 14.1. The molecule has 0 aromatic rings. The highest BCUT2D eigenvalue weighted by atomic mass is 16.4. The normalized spacial score (nSPS) is 25.6. The van der Waals surface area contributed by atoms with Gasteiger partial charge in [-0.3, -0.25) is 19.2 Å². The molecule has 2 atom stereocenters. The van der Waals surface area contributed by atoms with E-state index in [0.29, 0.717) is 0 Å². The average molecular weight is 260 g/mol. The van der Waals surface area contributed by atoms with Gasteiger partial charge in [0.05, 0.1) is 12.3 Å². The Bertz CT molecular complexity index is 398. The maximum absolute atomic E-state index is 11.2. The highest BCUT2D eigenvalue weighted by molar-refractivity contribution is 6.00. The van der Waals surface area contributed by atoms with Crippen molar-refractivity contribution in [1.82, 2.24) is 0 Å². The summed E-state index contributed by atoms with van der Waals surface area (Å²) in [6, 6.07) is 0. The summed E-state index contributed by atoms with van der Waals surface area (Å²) >= 11 is 0. The van der Waals surface area contributed by atoms with Crippen LogP contribution in [0.3, 0.4) is 0 Å². The quantitative estimate of drug-likeness (QED) is 0.493. The maximum atomic E-state index is 11.2. The van der Waals surface area contributed by atoms with Crippen molar-refractivity contribution in [2.75, 3.05) is 0 Å². The molecule has 0 bridgehead atoms. The molecule has 0 radical (unpaired) electrons. The molecule has 1 saturated carbocycles. The van der Waals surface area contributed by atoms with Gasteiger partial charge in [0.1, 0.15) is 0 Å². The highest BCUT2D eigenvalue weighted by Crippen LogP contribution is 2.49. The van der Waals surface area contributed by atoms with Gasteiger partial charge in [-0.05, 0) is 12.8 Å². The summed E-state index contributed by atoms with van der Waals surface area (Å²) in [4.78, 5) is 43.9. The Morgan fingerprint density at radius 3 is 1.83 bits per heavy atom. The van der Waals surface area contributed by atoms with Gasteiger partial charge >= 0.3 is 23.9 Å². The standard InChI is InChI=1S/C10H12O8/c11-6(12)3-5-4(7(13)14)1-2-10(5,8(15)16)9(17)18/h4-5H,1-3H2,(H,11,12)(H,13,14)(H,15,16)(H,17,18). The van der Waals surface area contributed by atoms with E-state index in [0.717, 1.165) is 0 Å². The smallest absolute Gasteiger partial charge is 0.321 e. The van der Waals surface area contributed by atoms with E-state index in [1.807, 2.05) is 0 Å². The van der Waals surface area contributed by atoms with E-state index in [-0.39, 0.29) is 12.8 Å². The second-order valence-electron chi connectivity index (χ2n) is 4.27. The van der Waals surface area contributed by atoms with E-state index in [4.69, 9.17) is 20.4 Å². The first-order valence-electron chi connectivity index (χ1n) is 5.15. The fraction of sp³-hybridized carbons (Fsp3) is 0.600. The van der Waals surface area contributed by atoms with E-state index in [2.05, 4.69) is 0 Å². The lowest BCUT2D eigenvalue weighted by Crippen LogP contribution is -2.45. The van der Waals surface area contributed by atoms with Gasteiger partial charge in [0.25, 0.3) is 0 Å². The number of aliphatic carboxylic acids is 4. The number of carboxylic acids is 4. The molecule has 0 aliphatic heterocycles. The second-order valence-corrected chi connectivity index (χ2v) is 4.27. The van der Waals surface area contributed by atoms with E-state index >= 15 is 0 Å². The Morgan fingerprint density at radius 1 is 1.00 bits per heavy atom. The van der Waals surface area contributed by atoms with Crippen LogP contribution in [0.15, 0.2) is 0 Å². The molecule has 4 N–H and O–H groups in total. The first kappa shape index (κ1) is 13.9. The van der Waals surface area contributed by atoms with Crippen LogP contribution in [0.4, 0.5) is 0 Å². The lowest BCUT2D eigenvalue weighted by atomic mass is 9.73. The van der Waals surface area contributed by atoms with Crippen LogP contribution in [-0.2, 0) is 19.2 Å². The molecule has 1 fully saturated rings. The van der Waals surface area contributed by atoms with Crippen LogP contribution in [0.1, 0.15) is 19.3 Å². The zero-order valence-electron chi connectivity index (χ0n) is 9.20. The Labute approximate surface area is 101 Å². The summed E-state index contributed by atoms with van der Waals surface area (Å²) in [5.41, 5.74) is -2.33. The van der Waals surface area contributed by atoms with Crippen LogP contribution in [0.5, 0.6) is 0 Å². The fourth-order valence-electron chi connectivity index (χ4n) is 2.54. The molecular formula is C10H12O8. The topological polar surface area (TPSA) is 149 Å². The molecule has 0 heterocycles. The molecule has 0 aromatic carbocycles. The summed E-state index contributed by atoms with van der Waals surface area (Å²) in [5, 5.41) is 35.7. The molecule has 2 unspecified atom stereocenters. The summed E-state index contributed by atoms with van der Waals surface area (Å²) in [6.45, 7) is 0. The van der Waals surface area contributed by atoms with Crippen molar-refractivity contribution >= 4 is 23.9 Å². The lowest BCUT2D eigenvalue weighted by molar-refractivity contribution is -0.169. The molecule has 0 spiro atoms. The highest BCUT2D eigenvalue weighted by Gasteiger charge is 2.61. The number of carbonyl (C=O) groups is 4. The third kappa shape index (κ3) is 2.01. The van der Waals surface area contributed by atoms with Crippen molar-refractivity contribution < 1.29 is 39.6 Å². The Morgan fingerprint density at radius 2 is 1.50 bits per heavy atom. The van der Waals surface area contributed by atoms with Crippen LogP contribution in [-0.4, -0.2) is 44.3 Å². The third-order valence-electron chi connectivity index (χ3n) is 3.44. The van der Waals surface area contributed by atoms with Gasteiger partial charge in [-0.1, -0.05) is 0 Å². The van der Waals surface area contributed by atoms with Crippen molar-refractivity contribution in [2.45, 2.75) is 19.3 Å². The largest absolute Gasteiger partial charge is 0.481 e. The van der Waals surface area contributed by atoms with Crippen molar-refractivity contribution in [2.24, 2.45) is 17.3 Å². The van der Waals surface area contributed by atoms with Gasteiger partial charge in [0, 0.05) is 5.92 Å². The monoisotopic (exact) mass is 260 g/mol. The van der Waals surface area contributed by atoms with Gasteiger partial charge in [0.2, 0.25) is 0 Å². The predicted octanol–water partition coefficient (Wildman–Crippen LogP) is -0.273. The summed E-state index contributed by atoms with van der Waals surface area (Å²) < 4.78 is 0. The minimum Gasteiger partial charge on any atom is -0.481 e. The first-order chi connectivity index (χ1) is 8.23. The van der Waals surface area contributed by atoms with Gasteiger partial charge in [-0.2, -0.15) is 0 Å². The molecule has 8 nitrogen and oxygen atoms in total. The average Bonchev–Trinajstić information content (AvgIpc) is 2.56. The lowest BCUT2D eigenvalue weighted by Gasteiger charge is -2.27. The van der Waals surface area contributed by atoms with Crippen molar-refractivity contribution in [3.8, 4) is 0 Å². The van der Waals surface area contributed by atoms with E-state index in [9.17, 15) is 19.2 Å². The molecular weight excluding hydrogens is 248 g/mol. The Kier molecular flexibility index (Phi) is 3.59. The first-order valence-corrected chi connectivity index (χ1v) is 5.15. The van der Waals surface area contributed by atoms with Crippen LogP contribution in [0, 0.1) is 17.3 Å². The second kappa shape index (κ2) is 4.63. The fourth-order valence-corrected chi connectivity index (χ4v) is 2.54.